The highest BCUT2D eigenvalue weighted by molar-refractivity contribution is 6.01. The summed E-state index contributed by atoms with van der Waals surface area (Å²) in [5, 5.41) is 0. The molecule has 2 nitrogen and oxygen atoms in total. The van der Waals surface area contributed by atoms with Crippen molar-refractivity contribution in [3.05, 3.63) is 96.1 Å². The summed E-state index contributed by atoms with van der Waals surface area (Å²) in [7, 11) is 0. The van der Waals surface area contributed by atoms with Gasteiger partial charge >= 0.3 is 0 Å². The zero-order valence-electron chi connectivity index (χ0n) is 13.7. The van der Waals surface area contributed by atoms with E-state index < -0.39 is 0 Å². The lowest BCUT2D eigenvalue weighted by Gasteiger charge is -2.14. The van der Waals surface area contributed by atoms with Gasteiger partial charge in [-0.2, -0.15) is 0 Å². The van der Waals surface area contributed by atoms with E-state index in [1.165, 1.54) is 0 Å². The molecular weight excluding hydrogens is 296 g/mol. The van der Waals surface area contributed by atoms with Gasteiger partial charge in [-0.25, -0.2) is 0 Å². The minimum atomic E-state index is -0.105. The number of benzene rings is 3. The molecule has 0 aliphatic rings. The van der Waals surface area contributed by atoms with Crippen molar-refractivity contribution in [2.45, 2.75) is 19.3 Å². The zero-order chi connectivity index (χ0) is 16.8. The molecule has 0 N–H and O–H groups in total. The van der Waals surface area contributed by atoms with Gasteiger partial charge < -0.3 is 4.74 Å². The lowest BCUT2D eigenvalue weighted by molar-refractivity contribution is 0.0957. The van der Waals surface area contributed by atoms with E-state index in [9.17, 15) is 4.79 Å². The van der Waals surface area contributed by atoms with Gasteiger partial charge in [0.05, 0.1) is 0 Å². The first kappa shape index (κ1) is 16.0. The fourth-order valence-electron chi connectivity index (χ4n) is 2.77. The Bertz CT molecular complexity index is 777. The minimum absolute atomic E-state index is 0.105. The Morgan fingerprint density at radius 1 is 0.792 bits per heavy atom. The van der Waals surface area contributed by atoms with Gasteiger partial charge in [0.15, 0.2) is 5.78 Å². The van der Waals surface area contributed by atoms with Gasteiger partial charge in [-0.3, -0.25) is 4.79 Å². The Balaban J connectivity index is 1.76. The molecule has 0 saturated heterocycles. The van der Waals surface area contributed by atoms with E-state index in [-0.39, 0.29) is 11.7 Å². The lowest BCUT2D eigenvalue weighted by Crippen LogP contribution is -2.12. The topological polar surface area (TPSA) is 26.3 Å². The number of rotatable bonds is 6. The van der Waals surface area contributed by atoms with Gasteiger partial charge in [0, 0.05) is 11.5 Å². The minimum Gasteiger partial charge on any atom is -0.457 e. The number of carbonyl (C=O) groups is 1. The fraction of sp³-hybridized carbons (Fsp3) is 0.136. The number of hydrogen-bond donors (Lipinski definition) is 0. The van der Waals surface area contributed by atoms with Crippen LogP contribution in [0.1, 0.15) is 35.2 Å². The van der Waals surface area contributed by atoms with E-state index in [4.69, 9.17) is 4.74 Å². The number of carbonyl (C=O) groups excluding carboxylic acids is 1. The molecule has 0 aromatic heterocycles. The molecule has 0 bridgehead atoms. The van der Waals surface area contributed by atoms with Crippen LogP contribution in [0.15, 0.2) is 84.9 Å². The van der Waals surface area contributed by atoms with Crippen LogP contribution < -0.4 is 4.74 Å². The van der Waals surface area contributed by atoms with Crippen LogP contribution >= 0.6 is 0 Å². The number of hydrogen-bond acceptors (Lipinski definition) is 2. The molecule has 3 aromatic rings. The standard InChI is InChI=1S/C22H20O2/c1-2-21(17-9-5-3-6-10-17)22(23)18-13-15-20(16-14-18)24-19-11-7-4-8-12-19/h3-16,21H,2H2,1H3. The van der Waals surface area contributed by atoms with Gasteiger partial charge in [-0.15, -0.1) is 0 Å². The van der Waals surface area contributed by atoms with E-state index in [1.807, 2.05) is 91.9 Å². The average molecular weight is 316 g/mol. The van der Waals surface area contributed by atoms with Crippen LogP contribution in [0.3, 0.4) is 0 Å². The number of Topliss-reactive ketones (excluding diaryl/α,β-unsaturated/α-hetero) is 1. The fourth-order valence-corrected chi connectivity index (χ4v) is 2.77. The number of ketones is 1. The van der Waals surface area contributed by atoms with Crippen LogP contribution in [0, 0.1) is 0 Å². The SMILES string of the molecule is CCC(C(=O)c1ccc(Oc2ccccc2)cc1)c1ccccc1. The first-order valence-electron chi connectivity index (χ1n) is 8.20. The number of ether oxygens (including phenoxy) is 1. The molecule has 1 atom stereocenters. The van der Waals surface area contributed by atoms with Crippen molar-refractivity contribution in [2.75, 3.05) is 0 Å². The van der Waals surface area contributed by atoms with Crippen molar-refractivity contribution < 1.29 is 9.53 Å². The molecule has 3 aromatic carbocycles. The summed E-state index contributed by atoms with van der Waals surface area (Å²) < 4.78 is 5.77. The quantitative estimate of drug-likeness (QED) is 0.533. The van der Waals surface area contributed by atoms with Gasteiger partial charge in [0.25, 0.3) is 0 Å². The Hall–Kier alpha value is -2.87. The molecule has 0 heterocycles. The van der Waals surface area contributed by atoms with E-state index in [2.05, 4.69) is 0 Å². The van der Waals surface area contributed by atoms with E-state index in [0.717, 1.165) is 23.5 Å². The lowest BCUT2D eigenvalue weighted by atomic mass is 9.89. The molecule has 0 fully saturated rings. The molecular formula is C22H20O2. The molecule has 1 unspecified atom stereocenters. The van der Waals surface area contributed by atoms with Crippen LogP contribution in [0.2, 0.25) is 0 Å². The first-order chi connectivity index (χ1) is 11.8. The Labute approximate surface area is 142 Å². The highest BCUT2D eigenvalue weighted by atomic mass is 16.5. The van der Waals surface area contributed by atoms with Crippen LogP contribution in [-0.4, -0.2) is 5.78 Å². The zero-order valence-corrected chi connectivity index (χ0v) is 13.7. The predicted octanol–water partition coefficient (Wildman–Crippen LogP) is 5.86. The third kappa shape index (κ3) is 3.72. The summed E-state index contributed by atoms with van der Waals surface area (Å²) in [4.78, 5) is 12.8. The Kier molecular flexibility index (Phi) is 5.07. The molecule has 0 aliphatic carbocycles. The van der Waals surface area contributed by atoms with Crippen LogP contribution in [0.4, 0.5) is 0 Å². The van der Waals surface area contributed by atoms with Crippen LogP contribution in [-0.2, 0) is 0 Å². The summed E-state index contributed by atoms with van der Waals surface area (Å²) in [6.07, 6.45) is 0.783. The highest BCUT2D eigenvalue weighted by Crippen LogP contribution is 2.26. The molecule has 2 heteroatoms. The summed E-state index contributed by atoms with van der Waals surface area (Å²) in [5.41, 5.74) is 1.78. The van der Waals surface area contributed by atoms with Crippen molar-refractivity contribution in [2.24, 2.45) is 0 Å². The maximum absolute atomic E-state index is 12.8. The summed E-state index contributed by atoms with van der Waals surface area (Å²) in [6, 6.07) is 26.9. The van der Waals surface area contributed by atoms with Crippen LogP contribution in [0.25, 0.3) is 0 Å². The van der Waals surface area contributed by atoms with Crippen molar-refractivity contribution in [3.63, 3.8) is 0 Å². The largest absolute Gasteiger partial charge is 0.457 e. The van der Waals surface area contributed by atoms with E-state index in [0.29, 0.717) is 5.56 Å². The van der Waals surface area contributed by atoms with Gasteiger partial charge in [0.1, 0.15) is 11.5 Å². The highest BCUT2D eigenvalue weighted by Gasteiger charge is 2.20. The Morgan fingerprint density at radius 2 is 1.33 bits per heavy atom. The second kappa shape index (κ2) is 7.60. The van der Waals surface area contributed by atoms with Crippen molar-refractivity contribution in [3.8, 4) is 11.5 Å². The molecule has 120 valence electrons. The van der Waals surface area contributed by atoms with Crippen molar-refractivity contribution in [1.82, 2.24) is 0 Å². The van der Waals surface area contributed by atoms with Crippen molar-refractivity contribution in [1.29, 1.82) is 0 Å². The molecule has 0 spiro atoms. The molecule has 0 aliphatic heterocycles. The Morgan fingerprint density at radius 3 is 1.92 bits per heavy atom. The predicted molar refractivity (Wildman–Crippen MR) is 96.8 cm³/mol. The van der Waals surface area contributed by atoms with Gasteiger partial charge in [-0.1, -0.05) is 55.5 Å². The van der Waals surface area contributed by atoms with Crippen molar-refractivity contribution >= 4 is 5.78 Å². The molecule has 0 radical (unpaired) electrons. The van der Waals surface area contributed by atoms with E-state index >= 15 is 0 Å². The first-order valence-corrected chi connectivity index (χ1v) is 8.20. The van der Waals surface area contributed by atoms with Crippen LogP contribution in [0.5, 0.6) is 11.5 Å². The maximum Gasteiger partial charge on any atom is 0.170 e. The van der Waals surface area contributed by atoms with Gasteiger partial charge in [0.2, 0.25) is 0 Å². The average Bonchev–Trinajstić information content (AvgIpc) is 2.65. The monoisotopic (exact) mass is 316 g/mol. The van der Waals surface area contributed by atoms with E-state index in [1.54, 1.807) is 0 Å². The molecule has 3 rings (SSSR count). The maximum atomic E-state index is 12.8. The molecule has 0 saturated carbocycles. The summed E-state index contributed by atoms with van der Waals surface area (Å²) >= 11 is 0. The smallest absolute Gasteiger partial charge is 0.170 e. The normalized spacial score (nSPS) is 11.7. The third-order valence-corrected chi connectivity index (χ3v) is 4.04. The molecule has 0 amide bonds. The third-order valence-electron chi connectivity index (χ3n) is 4.04. The second-order valence-electron chi connectivity index (χ2n) is 5.68. The number of para-hydroxylation sites is 1. The molecule has 24 heavy (non-hydrogen) atoms. The van der Waals surface area contributed by atoms with Gasteiger partial charge in [-0.05, 0) is 48.4 Å². The summed E-state index contributed by atoms with van der Waals surface area (Å²) in [6.45, 7) is 2.04. The summed E-state index contributed by atoms with van der Waals surface area (Å²) in [5.74, 6) is 1.56. The second-order valence-corrected chi connectivity index (χ2v) is 5.68.